The molecular weight excluding hydrogens is 539 g/mol. The number of halogens is 7. The Hall–Kier alpha value is -2.67. The van der Waals surface area contributed by atoms with E-state index in [9.17, 15) is 34.8 Å². The second-order valence-corrected chi connectivity index (χ2v) is 12.7. The van der Waals surface area contributed by atoms with E-state index in [2.05, 4.69) is 4.98 Å². The number of aromatic nitrogens is 2. The van der Waals surface area contributed by atoms with Crippen molar-refractivity contribution >= 4 is 20.9 Å². The van der Waals surface area contributed by atoms with Gasteiger partial charge < -0.3 is 4.57 Å². The van der Waals surface area contributed by atoms with E-state index in [1.54, 1.807) is 25.5 Å². The van der Waals surface area contributed by atoms with Crippen LogP contribution >= 0.6 is 0 Å². The van der Waals surface area contributed by atoms with Crippen molar-refractivity contribution in [1.82, 2.24) is 14.3 Å². The first-order valence-corrected chi connectivity index (χ1v) is 13.4. The first-order valence-electron chi connectivity index (χ1n) is 11.8. The Morgan fingerprint density at radius 2 is 1.74 bits per heavy atom. The Kier molecular flexibility index (Phi) is 7.09. The van der Waals surface area contributed by atoms with Crippen LogP contribution in [0.3, 0.4) is 0 Å². The third-order valence-corrected chi connectivity index (χ3v) is 8.34. The van der Waals surface area contributed by atoms with Crippen LogP contribution in [-0.4, -0.2) is 29.4 Å². The van der Waals surface area contributed by atoms with Gasteiger partial charge >= 0.3 is 12.4 Å². The molecule has 1 fully saturated rings. The zero-order chi connectivity index (χ0) is 28.3. The van der Waals surface area contributed by atoms with Gasteiger partial charge in [0.15, 0.2) is 5.69 Å². The highest BCUT2D eigenvalue weighted by molar-refractivity contribution is 7.90. The molecule has 1 saturated carbocycles. The van der Waals surface area contributed by atoms with Crippen LogP contribution in [0.25, 0.3) is 22.0 Å². The monoisotopic (exact) mass is 565 g/mol. The number of benzene rings is 1. The summed E-state index contributed by atoms with van der Waals surface area (Å²) in [6, 6.07) is 1.33. The van der Waals surface area contributed by atoms with E-state index in [4.69, 9.17) is 0 Å². The van der Waals surface area contributed by atoms with Crippen LogP contribution < -0.4 is 4.72 Å². The van der Waals surface area contributed by atoms with Crippen LogP contribution in [0, 0.1) is 11.2 Å². The van der Waals surface area contributed by atoms with E-state index in [1.807, 2.05) is 0 Å². The second-order valence-electron chi connectivity index (χ2n) is 10.7. The van der Waals surface area contributed by atoms with Crippen molar-refractivity contribution in [1.29, 1.82) is 0 Å². The van der Waals surface area contributed by atoms with Gasteiger partial charge in [0, 0.05) is 46.5 Å². The molecule has 0 radical (unpaired) electrons. The maximum atomic E-state index is 15.4. The maximum absolute atomic E-state index is 15.4. The Balaban J connectivity index is 1.95. The van der Waals surface area contributed by atoms with E-state index >= 15 is 4.39 Å². The fourth-order valence-electron chi connectivity index (χ4n) is 4.51. The number of rotatable bonds is 6. The van der Waals surface area contributed by atoms with Gasteiger partial charge in [-0.25, -0.2) is 12.8 Å². The van der Waals surface area contributed by atoms with Crippen LogP contribution in [0.15, 0.2) is 36.7 Å². The van der Waals surface area contributed by atoms with Gasteiger partial charge in [0.1, 0.15) is 11.9 Å². The van der Waals surface area contributed by atoms with Gasteiger partial charge in [0.05, 0.1) is 5.25 Å². The highest BCUT2D eigenvalue weighted by Gasteiger charge is 2.47. The Morgan fingerprint density at radius 1 is 1.08 bits per heavy atom. The molecule has 1 aromatic carbocycles. The lowest BCUT2D eigenvalue weighted by molar-refractivity contribution is -0.152. The average molecular weight is 566 g/mol. The number of pyridine rings is 1. The molecule has 1 aliphatic rings. The van der Waals surface area contributed by atoms with Crippen LogP contribution in [0.2, 0.25) is 0 Å². The molecule has 0 aliphatic heterocycles. The highest BCUT2D eigenvalue weighted by Crippen LogP contribution is 2.43. The lowest BCUT2D eigenvalue weighted by Crippen LogP contribution is -2.44. The van der Waals surface area contributed by atoms with Gasteiger partial charge in [-0.15, -0.1) is 0 Å². The molecule has 0 saturated heterocycles. The molecule has 2 aromatic heterocycles. The number of hydrogen-bond acceptors (Lipinski definition) is 3. The number of nitrogens with one attached hydrogen (secondary N) is 1. The zero-order valence-electron chi connectivity index (χ0n) is 20.7. The van der Waals surface area contributed by atoms with Crippen molar-refractivity contribution in [3.8, 4) is 11.1 Å². The largest absolute Gasteiger partial charge is 0.433 e. The summed E-state index contributed by atoms with van der Waals surface area (Å²) in [5, 5.41) is -1.21. The molecule has 3 aromatic rings. The van der Waals surface area contributed by atoms with Gasteiger partial charge in [-0.1, -0.05) is 33.3 Å². The molecule has 0 unspecified atom stereocenters. The Labute approximate surface area is 215 Å². The highest BCUT2D eigenvalue weighted by atomic mass is 32.2. The quantitative estimate of drug-likeness (QED) is 0.328. The molecule has 13 heteroatoms. The van der Waals surface area contributed by atoms with E-state index in [-0.39, 0.29) is 30.3 Å². The first-order chi connectivity index (χ1) is 17.4. The van der Waals surface area contributed by atoms with Gasteiger partial charge in [-0.2, -0.15) is 31.1 Å². The van der Waals surface area contributed by atoms with E-state index in [1.165, 1.54) is 10.6 Å². The molecule has 1 N–H and O–H groups in total. The van der Waals surface area contributed by atoms with Gasteiger partial charge in [-0.05, 0) is 36.5 Å². The Morgan fingerprint density at radius 3 is 2.26 bits per heavy atom. The molecule has 0 amide bonds. The van der Waals surface area contributed by atoms with Gasteiger partial charge in [0.2, 0.25) is 10.0 Å². The van der Waals surface area contributed by atoms with Crippen LogP contribution in [0.1, 0.15) is 57.3 Å². The molecule has 1 atom stereocenters. The lowest BCUT2D eigenvalue weighted by Gasteiger charge is -2.29. The predicted molar refractivity (Wildman–Crippen MR) is 128 cm³/mol. The SMILES string of the molecule is CC(C)(C)Cn1cc([C@H](NS(=O)(=O)C2CCC2)C(F)(F)F)c2cc(F)c(-c3cccnc3C(F)(F)F)cc21. The minimum absolute atomic E-state index is 0.0281. The topological polar surface area (TPSA) is 64.0 Å². The predicted octanol–water partition coefficient (Wildman–Crippen LogP) is 6.98. The normalized spacial score (nSPS) is 16.6. The van der Waals surface area contributed by atoms with E-state index in [0.717, 1.165) is 30.6 Å². The molecule has 1 aliphatic carbocycles. The van der Waals surface area contributed by atoms with E-state index in [0.29, 0.717) is 6.42 Å². The Bertz CT molecular complexity index is 1450. The number of fused-ring (bicyclic) bond motifs is 1. The van der Waals surface area contributed by atoms with E-state index < -0.39 is 67.3 Å². The fourth-order valence-corrected chi connectivity index (χ4v) is 6.25. The first kappa shape index (κ1) is 28.3. The summed E-state index contributed by atoms with van der Waals surface area (Å²) in [7, 11) is -4.34. The van der Waals surface area contributed by atoms with Crippen LogP contribution in [0.4, 0.5) is 30.7 Å². The molecule has 5 nitrogen and oxygen atoms in total. The summed E-state index contributed by atoms with van der Waals surface area (Å²) in [4.78, 5) is 3.34. The molecule has 0 spiro atoms. The molecule has 38 heavy (non-hydrogen) atoms. The van der Waals surface area contributed by atoms with Crippen molar-refractivity contribution in [2.75, 3.05) is 0 Å². The zero-order valence-corrected chi connectivity index (χ0v) is 21.5. The summed E-state index contributed by atoms with van der Waals surface area (Å²) < 4.78 is 127. The third kappa shape index (κ3) is 5.68. The summed E-state index contributed by atoms with van der Waals surface area (Å²) in [6.45, 7) is 5.51. The molecule has 2 heterocycles. The number of alkyl halides is 6. The minimum atomic E-state index is -5.07. The van der Waals surface area contributed by atoms with Crippen molar-refractivity contribution in [2.45, 2.75) is 70.2 Å². The summed E-state index contributed by atoms with van der Waals surface area (Å²) >= 11 is 0. The lowest BCUT2D eigenvalue weighted by atomic mass is 9.96. The van der Waals surface area contributed by atoms with Crippen LogP contribution in [0.5, 0.6) is 0 Å². The fraction of sp³-hybridized carbons (Fsp3) is 0.480. The molecule has 0 bridgehead atoms. The van der Waals surface area contributed by atoms with Crippen LogP contribution in [-0.2, 0) is 22.7 Å². The molecule has 4 rings (SSSR count). The van der Waals surface area contributed by atoms with Gasteiger partial charge in [0.25, 0.3) is 0 Å². The smallest absolute Gasteiger partial charge is 0.347 e. The molecule has 208 valence electrons. The maximum Gasteiger partial charge on any atom is 0.433 e. The summed E-state index contributed by atoms with van der Waals surface area (Å²) in [5.41, 5.74) is -3.40. The number of hydrogen-bond donors (Lipinski definition) is 1. The minimum Gasteiger partial charge on any atom is -0.347 e. The summed E-state index contributed by atoms with van der Waals surface area (Å²) in [6.07, 6.45) is -6.93. The van der Waals surface area contributed by atoms with Crippen molar-refractivity contribution in [3.05, 3.63) is 53.7 Å². The number of sulfonamides is 1. The van der Waals surface area contributed by atoms with Gasteiger partial charge in [-0.3, -0.25) is 4.98 Å². The second kappa shape index (κ2) is 9.51. The van der Waals surface area contributed by atoms with Crippen molar-refractivity contribution in [3.63, 3.8) is 0 Å². The number of nitrogens with zero attached hydrogens (tertiary/aromatic N) is 2. The summed E-state index contributed by atoms with van der Waals surface area (Å²) in [5.74, 6) is -1.20. The average Bonchev–Trinajstić information content (AvgIpc) is 3.03. The molecular formula is C25H26F7N3O2S. The van der Waals surface area contributed by atoms with Crippen molar-refractivity contribution < 1.29 is 39.2 Å². The van der Waals surface area contributed by atoms with Crippen molar-refractivity contribution in [2.24, 2.45) is 5.41 Å². The standard InChI is InChI=1S/C25H26F7N3O2S/c1-23(2,3)13-35-12-18(22(25(30,31)32)34-38(36,37)14-6-4-7-14)17-10-19(26)16(11-20(17)35)15-8-5-9-33-21(15)24(27,28)29/h5,8-12,14,22,34H,4,6-7,13H2,1-3H3/t22-/m0/s1. The third-order valence-electron chi connectivity index (χ3n) is 6.42.